The van der Waals surface area contributed by atoms with Crippen LogP contribution in [-0.4, -0.2) is 153 Å². The third-order valence-corrected chi connectivity index (χ3v) is 12.2. The highest BCUT2D eigenvalue weighted by molar-refractivity contribution is 8.76. The van der Waals surface area contributed by atoms with E-state index < -0.39 is 5.79 Å². The van der Waals surface area contributed by atoms with Gasteiger partial charge in [-0.05, 0) is 51.7 Å². The van der Waals surface area contributed by atoms with E-state index in [0.717, 1.165) is 65.6 Å². The number of quaternary nitrogens is 1. The number of hydrogen-bond acceptors (Lipinski definition) is 19. The van der Waals surface area contributed by atoms with Gasteiger partial charge in [0.1, 0.15) is 44.9 Å². The van der Waals surface area contributed by atoms with E-state index in [1.54, 1.807) is 66.0 Å². The van der Waals surface area contributed by atoms with Crippen molar-refractivity contribution in [3.8, 4) is 0 Å². The van der Waals surface area contributed by atoms with Gasteiger partial charge in [-0.15, -0.1) is 11.8 Å². The van der Waals surface area contributed by atoms with E-state index in [2.05, 4.69) is 23.6 Å². The van der Waals surface area contributed by atoms with Gasteiger partial charge in [-0.25, -0.2) is 4.79 Å². The van der Waals surface area contributed by atoms with Crippen molar-refractivity contribution in [2.24, 2.45) is 4.99 Å². The lowest BCUT2D eigenvalue weighted by Gasteiger charge is -2.36. The number of aliphatic imine (C=N–C) groups is 1. The van der Waals surface area contributed by atoms with E-state index >= 15 is 0 Å². The zero-order chi connectivity index (χ0) is 42.9. The van der Waals surface area contributed by atoms with Crippen LogP contribution in [0, 0.1) is 0 Å². The Hall–Kier alpha value is -1.75. The second kappa shape index (κ2) is 35.8. The Morgan fingerprint density at radius 1 is 0.576 bits per heavy atom. The standard InChI is InChI=1S/C11H22NO2.C7H11NO2.C6H10O4.2C5H8O2S.C4H6O2S2.BrH/c1-3-6-12(7-4-2)8-5-11(13)14-10-9-12;1-8-6-3-2-4-7(9)10-5-6;1-6(2)9-3-5(7)8-4-10-6;6-5-1-3-8-4-2-7-5;6-5-2-1-3-8-4-7-5;5-4-1-2-7-8-3-6-4;/h3-10H2,1-2H3;2-5H2,1H3;3-4H2,1-2H3;2*1-4H2;1-3H2;1H/q+1;;;;;;/p-1. The van der Waals surface area contributed by atoms with Crippen LogP contribution in [-0.2, 0) is 66.7 Å². The number of thioether (sulfide) groups is 2. The summed E-state index contributed by atoms with van der Waals surface area (Å²) in [5, 5.41) is 0. The van der Waals surface area contributed by atoms with Gasteiger partial charge in [-0.2, -0.15) is 11.8 Å². The van der Waals surface area contributed by atoms with Crippen LogP contribution in [0.5, 0.6) is 0 Å². The third-order valence-electron chi connectivity index (χ3n) is 8.40. The van der Waals surface area contributed by atoms with Gasteiger partial charge in [0.05, 0.1) is 38.9 Å². The molecular weight excluding hydrogens is 917 g/mol. The summed E-state index contributed by atoms with van der Waals surface area (Å²) in [6.45, 7) is 13.8. The van der Waals surface area contributed by atoms with Crippen molar-refractivity contribution in [3.05, 3.63) is 0 Å². The number of carbonyl (C=O) groups is 6. The Morgan fingerprint density at radius 3 is 1.93 bits per heavy atom. The van der Waals surface area contributed by atoms with Gasteiger partial charge in [0.2, 0.25) is 0 Å². The number of rotatable bonds is 4. The van der Waals surface area contributed by atoms with Crippen molar-refractivity contribution in [2.45, 2.75) is 97.7 Å². The Kier molecular flexibility index (Phi) is 34.7. The molecular formula is C38H65BrN2O14S4. The molecule has 16 nitrogen and oxygen atoms in total. The highest BCUT2D eigenvalue weighted by atomic mass is 79.9. The van der Waals surface area contributed by atoms with Crippen LogP contribution in [0.2, 0.25) is 0 Å². The van der Waals surface area contributed by atoms with Crippen LogP contribution in [0.4, 0.5) is 0 Å². The number of carbonyl (C=O) groups excluding carboxylic acids is 6. The molecule has 0 aromatic carbocycles. The molecule has 0 spiro atoms. The minimum Gasteiger partial charge on any atom is -1.00 e. The van der Waals surface area contributed by atoms with E-state index in [1.807, 2.05) is 0 Å². The molecule has 6 fully saturated rings. The first-order chi connectivity index (χ1) is 27.8. The highest BCUT2D eigenvalue weighted by Crippen LogP contribution is 2.25. The van der Waals surface area contributed by atoms with E-state index in [9.17, 15) is 28.8 Å². The van der Waals surface area contributed by atoms with Gasteiger partial charge in [-0.3, -0.25) is 29.0 Å². The molecule has 0 aliphatic carbocycles. The summed E-state index contributed by atoms with van der Waals surface area (Å²) < 4.78 is 39.7. The van der Waals surface area contributed by atoms with Gasteiger partial charge >= 0.3 is 35.8 Å². The molecule has 6 heterocycles. The predicted octanol–water partition coefficient (Wildman–Crippen LogP) is 2.58. The average molecular weight is 982 g/mol. The summed E-state index contributed by atoms with van der Waals surface area (Å²) in [4.78, 5) is 67.7. The second-order valence-corrected chi connectivity index (χ2v) is 18.3. The largest absolute Gasteiger partial charge is 1.00 e. The summed E-state index contributed by atoms with van der Waals surface area (Å²) in [5.74, 6) is 3.56. The molecule has 21 heteroatoms. The Balaban J connectivity index is 0.000000690. The summed E-state index contributed by atoms with van der Waals surface area (Å²) in [5.41, 5.74) is 0.992. The predicted molar refractivity (Wildman–Crippen MR) is 227 cm³/mol. The van der Waals surface area contributed by atoms with Gasteiger partial charge in [0.15, 0.2) is 12.6 Å². The maximum absolute atomic E-state index is 11.1. The van der Waals surface area contributed by atoms with Gasteiger partial charge in [-0.1, -0.05) is 35.4 Å². The normalized spacial score (nSPS) is 22.3. The fourth-order valence-electron chi connectivity index (χ4n) is 5.33. The molecule has 0 aromatic rings. The Labute approximate surface area is 376 Å². The van der Waals surface area contributed by atoms with Crippen molar-refractivity contribution in [2.75, 3.05) is 101 Å². The second-order valence-electron chi connectivity index (χ2n) is 13.5. The van der Waals surface area contributed by atoms with Gasteiger partial charge in [0.25, 0.3) is 0 Å². The topological polar surface area (TPSA) is 189 Å². The quantitative estimate of drug-likeness (QED) is 0.173. The zero-order valence-electron chi connectivity index (χ0n) is 35.3. The van der Waals surface area contributed by atoms with Gasteiger partial charge in [0, 0.05) is 42.9 Å². The number of nitrogens with zero attached hydrogens (tertiary/aromatic N) is 2. The maximum atomic E-state index is 11.1. The molecule has 0 N–H and O–H groups in total. The average Bonchev–Trinajstić information content (AvgIpc) is 3.85. The fraction of sp³-hybridized carbons (Fsp3) is 0.816. The number of hydrogen-bond donors (Lipinski definition) is 0. The lowest BCUT2D eigenvalue weighted by molar-refractivity contribution is -0.926. The summed E-state index contributed by atoms with van der Waals surface area (Å²) in [6, 6.07) is 0. The van der Waals surface area contributed by atoms with Gasteiger partial charge < -0.3 is 59.4 Å². The monoisotopic (exact) mass is 980 g/mol. The Bertz CT molecular complexity index is 1170. The zero-order valence-corrected chi connectivity index (χ0v) is 40.2. The molecule has 59 heavy (non-hydrogen) atoms. The molecule has 6 aliphatic heterocycles. The van der Waals surface area contributed by atoms with Crippen molar-refractivity contribution in [1.29, 1.82) is 0 Å². The minimum absolute atomic E-state index is 0. The van der Waals surface area contributed by atoms with Crippen LogP contribution in [0.1, 0.15) is 91.9 Å². The van der Waals surface area contributed by atoms with Crippen molar-refractivity contribution in [3.63, 3.8) is 0 Å². The molecule has 6 saturated heterocycles. The molecule has 0 atom stereocenters. The van der Waals surface area contributed by atoms with Crippen LogP contribution < -0.4 is 17.0 Å². The molecule has 0 amide bonds. The number of halogens is 1. The maximum Gasteiger partial charge on any atom is 0.334 e. The molecule has 0 radical (unpaired) electrons. The summed E-state index contributed by atoms with van der Waals surface area (Å²) in [7, 11) is 5.01. The molecule has 0 saturated carbocycles. The molecule has 6 rings (SSSR count). The highest BCUT2D eigenvalue weighted by Gasteiger charge is 2.30. The van der Waals surface area contributed by atoms with E-state index in [-0.39, 0.29) is 66.2 Å². The minimum atomic E-state index is -0.702. The fourth-order valence-corrected chi connectivity index (χ4v) is 8.29. The van der Waals surface area contributed by atoms with E-state index in [1.165, 1.54) is 25.9 Å². The van der Waals surface area contributed by atoms with E-state index in [4.69, 9.17) is 33.2 Å². The van der Waals surface area contributed by atoms with E-state index in [0.29, 0.717) is 63.8 Å². The SMILES string of the molecule is CC1(C)OCOC(=O)CO1.CCC[N+]1(CCC)CCOC(=O)CC1.CN=C1CCCC(=O)OC1.O=C1CCCSCO1.O=C1CCSCCO1.O=C1CCSSCO1.[Br-]. The molecule has 6 aliphatic rings. The number of ether oxygens (including phenoxy) is 8. The number of esters is 6. The molecule has 0 aromatic heterocycles. The van der Waals surface area contributed by atoms with Crippen molar-refractivity contribution in [1.82, 2.24) is 0 Å². The van der Waals surface area contributed by atoms with Crippen LogP contribution in [0.25, 0.3) is 0 Å². The van der Waals surface area contributed by atoms with Crippen LogP contribution >= 0.6 is 45.1 Å². The third kappa shape index (κ3) is 31.7. The summed E-state index contributed by atoms with van der Waals surface area (Å²) >= 11 is 3.45. The van der Waals surface area contributed by atoms with Crippen molar-refractivity contribution >= 4 is 86.6 Å². The first-order valence-corrected chi connectivity index (χ1v) is 24.5. The summed E-state index contributed by atoms with van der Waals surface area (Å²) in [6.07, 6.45) is 8.04. The Morgan fingerprint density at radius 2 is 1.20 bits per heavy atom. The lowest BCUT2D eigenvalue weighted by atomic mass is 10.2. The first kappa shape index (κ1) is 57.2. The van der Waals surface area contributed by atoms with Crippen LogP contribution in [0.15, 0.2) is 4.99 Å². The number of cyclic esters (lactones) is 6. The van der Waals surface area contributed by atoms with Crippen molar-refractivity contribution < 1.29 is 88.1 Å². The molecule has 0 bridgehead atoms. The lowest BCUT2D eigenvalue weighted by Crippen LogP contribution is -3.00. The molecule has 0 unspecified atom stereocenters. The van der Waals surface area contributed by atoms with Crippen LogP contribution in [0.3, 0.4) is 0 Å². The molecule has 342 valence electrons. The smallest absolute Gasteiger partial charge is 0.334 e. The first-order valence-electron chi connectivity index (χ1n) is 19.7.